The fourth-order valence-electron chi connectivity index (χ4n) is 2.86. The summed E-state index contributed by atoms with van der Waals surface area (Å²) in [7, 11) is 0. The molecule has 4 nitrogen and oxygen atoms in total. The largest absolute Gasteiger partial charge is 0.273 e. The van der Waals surface area contributed by atoms with Crippen LogP contribution in [0, 0.1) is 0 Å². The minimum atomic E-state index is -0.106. The molecule has 3 rings (SSSR count). The summed E-state index contributed by atoms with van der Waals surface area (Å²) in [6.45, 7) is 7.76. The lowest BCUT2D eigenvalue weighted by Crippen LogP contribution is -2.32. The fourth-order valence-corrected chi connectivity index (χ4v) is 2.86. The Labute approximate surface area is 135 Å². The fraction of sp³-hybridized carbons (Fsp3) is 0.105. The molecule has 4 heteroatoms. The number of rotatable bonds is 4. The molecule has 0 fully saturated rings. The third kappa shape index (κ3) is 2.83. The van der Waals surface area contributed by atoms with Crippen molar-refractivity contribution in [2.24, 2.45) is 5.10 Å². The van der Waals surface area contributed by atoms with Crippen LogP contribution < -0.4 is 5.43 Å². The topological polar surface area (TPSA) is 54.4 Å². The zero-order chi connectivity index (χ0) is 16.2. The quantitative estimate of drug-likeness (QED) is 0.941. The average molecular weight is 303 g/mol. The Morgan fingerprint density at radius 2 is 1.91 bits per heavy atom. The van der Waals surface area contributed by atoms with E-state index >= 15 is 0 Å². The molecule has 1 aromatic carbocycles. The van der Waals surface area contributed by atoms with Gasteiger partial charge in [0, 0.05) is 30.3 Å². The van der Waals surface area contributed by atoms with Gasteiger partial charge in [-0.1, -0.05) is 43.5 Å². The van der Waals surface area contributed by atoms with Crippen molar-refractivity contribution in [1.82, 2.24) is 10.4 Å². The van der Waals surface area contributed by atoms with E-state index in [1.54, 1.807) is 24.5 Å². The first kappa shape index (κ1) is 14.9. The molecule has 0 saturated carbocycles. The summed E-state index contributed by atoms with van der Waals surface area (Å²) in [4.78, 5) is 15.9. The van der Waals surface area contributed by atoms with Gasteiger partial charge in [-0.15, -0.1) is 0 Å². The summed E-state index contributed by atoms with van der Waals surface area (Å²) < 4.78 is 0. The van der Waals surface area contributed by atoms with Gasteiger partial charge < -0.3 is 0 Å². The van der Waals surface area contributed by atoms with Crippen LogP contribution in [0.5, 0.6) is 0 Å². The minimum absolute atomic E-state index is 0.0874. The molecule has 23 heavy (non-hydrogen) atoms. The van der Waals surface area contributed by atoms with Gasteiger partial charge in [-0.2, -0.15) is 5.10 Å². The van der Waals surface area contributed by atoms with Crippen molar-refractivity contribution in [1.29, 1.82) is 0 Å². The molecular weight excluding hydrogens is 286 g/mol. The molecule has 2 aromatic rings. The van der Waals surface area contributed by atoms with E-state index in [0.29, 0.717) is 6.42 Å². The molecule has 1 aliphatic rings. The predicted octanol–water partition coefficient (Wildman–Crippen LogP) is 3.38. The monoisotopic (exact) mass is 303 g/mol. The van der Waals surface area contributed by atoms with Crippen molar-refractivity contribution >= 4 is 23.8 Å². The number of nitrogens with zero attached hydrogens (tertiary/aromatic N) is 2. The Balaban J connectivity index is 2.15. The van der Waals surface area contributed by atoms with Crippen LogP contribution in [0.3, 0.4) is 0 Å². The van der Waals surface area contributed by atoms with Crippen LogP contribution in [-0.2, 0) is 4.79 Å². The van der Waals surface area contributed by atoms with Gasteiger partial charge in [-0.05, 0) is 28.8 Å². The molecule has 0 radical (unpaired) electrons. The van der Waals surface area contributed by atoms with Gasteiger partial charge in [0.2, 0.25) is 5.91 Å². The Morgan fingerprint density at radius 1 is 1.13 bits per heavy atom. The molecule has 1 amide bonds. The van der Waals surface area contributed by atoms with Gasteiger partial charge >= 0.3 is 0 Å². The van der Waals surface area contributed by atoms with Crippen LogP contribution >= 0.6 is 0 Å². The number of amides is 1. The summed E-state index contributed by atoms with van der Waals surface area (Å²) in [6, 6.07) is 9.78. The van der Waals surface area contributed by atoms with E-state index in [-0.39, 0.29) is 11.8 Å². The molecule has 0 saturated heterocycles. The van der Waals surface area contributed by atoms with E-state index in [1.165, 1.54) is 0 Å². The highest BCUT2D eigenvalue weighted by Gasteiger charge is 2.28. The zero-order valence-electron chi connectivity index (χ0n) is 12.7. The lowest BCUT2D eigenvalue weighted by molar-refractivity contribution is -0.121. The van der Waals surface area contributed by atoms with Crippen molar-refractivity contribution in [2.75, 3.05) is 0 Å². The first-order valence-corrected chi connectivity index (χ1v) is 7.39. The lowest BCUT2D eigenvalue weighted by Gasteiger charge is -2.24. The predicted molar refractivity (Wildman–Crippen MR) is 92.9 cm³/mol. The maximum atomic E-state index is 11.8. The Bertz CT molecular complexity index is 794. The lowest BCUT2D eigenvalue weighted by atomic mass is 9.84. The standard InChI is InChI=1S/C19H17N3O/c1-3-13-6-5-7-16(15(13)4-2)19-17(12-18(23)21-22-19)14-8-10-20-11-9-14/h3-11,17H,1-2,12H2,(H,21,23). The number of aromatic nitrogens is 1. The van der Waals surface area contributed by atoms with E-state index < -0.39 is 0 Å². The smallest absolute Gasteiger partial charge is 0.241 e. The summed E-state index contributed by atoms with van der Waals surface area (Å²) in [5.41, 5.74) is 7.36. The molecule has 1 aromatic heterocycles. The van der Waals surface area contributed by atoms with Crippen molar-refractivity contribution < 1.29 is 4.79 Å². The molecule has 0 aliphatic carbocycles. The first-order valence-electron chi connectivity index (χ1n) is 7.39. The van der Waals surface area contributed by atoms with E-state index in [1.807, 2.05) is 30.3 Å². The number of carbonyl (C=O) groups excluding carboxylic acids is 1. The highest BCUT2D eigenvalue weighted by Crippen LogP contribution is 2.30. The second-order valence-electron chi connectivity index (χ2n) is 5.29. The number of pyridine rings is 1. The SMILES string of the molecule is C=Cc1cccc(C2=NNC(=O)CC2c2ccncc2)c1C=C. The van der Waals surface area contributed by atoms with E-state index in [4.69, 9.17) is 0 Å². The van der Waals surface area contributed by atoms with Crippen LogP contribution in [0.15, 0.2) is 61.0 Å². The Kier molecular flexibility index (Phi) is 4.15. The number of hydrogen-bond acceptors (Lipinski definition) is 3. The van der Waals surface area contributed by atoms with E-state index in [0.717, 1.165) is 28.0 Å². The normalized spacial score (nSPS) is 17.1. The van der Waals surface area contributed by atoms with Crippen molar-refractivity contribution in [3.05, 3.63) is 78.1 Å². The van der Waals surface area contributed by atoms with Gasteiger partial charge in [0.25, 0.3) is 0 Å². The van der Waals surface area contributed by atoms with Crippen LogP contribution in [0.2, 0.25) is 0 Å². The van der Waals surface area contributed by atoms with Crippen molar-refractivity contribution in [2.45, 2.75) is 12.3 Å². The van der Waals surface area contributed by atoms with Crippen LogP contribution in [-0.4, -0.2) is 16.6 Å². The highest BCUT2D eigenvalue weighted by atomic mass is 16.2. The first-order chi connectivity index (χ1) is 11.2. The number of nitrogens with one attached hydrogen (secondary N) is 1. The zero-order valence-corrected chi connectivity index (χ0v) is 12.7. The average Bonchev–Trinajstić information content (AvgIpc) is 2.61. The van der Waals surface area contributed by atoms with Crippen LogP contribution in [0.4, 0.5) is 0 Å². The Hall–Kier alpha value is -3.01. The van der Waals surface area contributed by atoms with Crippen LogP contribution in [0.25, 0.3) is 12.2 Å². The molecule has 1 aliphatic heterocycles. The number of benzene rings is 1. The molecule has 1 N–H and O–H groups in total. The van der Waals surface area contributed by atoms with Crippen LogP contribution in [0.1, 0.15) is 34.6 Å². The van der Waals surface area contributed by atoms with Gasteiger partial charge in [0.15, 0.2) is 0 Å². The molecule has 2 heterocycles. The summed E-state index contributed by atoms with van der Waals surface area (Å²) in [5, 5.41) is 4.34. The molecule has 114 valence electrons. The minimum Gasteiger partial charge on any atom is -0.273 e. The second kappa shape index (κ2) is 6.40. The summed E-state index contributed by atoms with van der Waals surface area (Å²) in [5.74, 6) is -0.193. The third-order valence-electron chi connectivity index (χ3n) is 3.97. The summed E-state index contributed by atoms with van der Waals surface area (Å²) in [6.07, 6.45) is 7.42. The number of carbonyl (C=O) groups is 1. The molecule has 1 atom stereocenters. The molecule has 0 spiro atoms. The molecule has 0 bridgehead atoms. The third-order valence-corrected chi connectivity index (χ3v) is 3.97. The molecular formula is C19H17N3O. The van der Waals surface area contributed by atoms with Gasteiger partial charge in [-0.25, -0.2) is 5.43 Å². The highest BCUT2D eigenvalue weighted by molar-refractivity contribution is 6.11. The van der Waals surface area contributed by atoms with E-state index in [2.05, 4.69) is 28.7 Å². The molecule has 1 unspecified atom stereocenters. The maximum absolute atomic E-state index is 11.8. The second-order valence-corrected chi connectivity index (χ2v) is 5.29. The van der Waals surface area contributed by atoms with Gasteiger partial charge in [0.05, 0.1) is 5.71 Å². The van der Waals surface area contributed by atoms with Crippen molar-refractivity contribution in [3.63, 3.8) is 0 Å². The Morgan fingerprint density at radius 3 is 2.61 bits per heavy atom. The number of hydrazone groups is 1. The van der Waals surface area contributed by atoms with Gasteiger partial charge in [0.1, 0.15) is 0 Å². The number of hydrogen-bond donors (Lipinski definition) is 1. The van der Waals surface area contributed by atoms with E-state index in [9.17, 15) is 4.79 Å². The van der Waals surface area contributed by atoms with Crippen molar-refractivity contribution in [3.8, 4) is 0 Å². The summed E-state index contributed by atoms with van der Waals surface area (Å²) >= 11 is 0. The van der Waals surface area contributed by atoms with Gasteiger partial charge in [-0.3, -0.25) is 9.78 Å². The maximum Gasteiger partial charge on any atom is 0.241 e.